The maximum Gasteiger partial charge on any atom is 0.249 e. The van der Waals surface area contributed by atoms with Gasteiger partial charge in [-0.1, -0.05) is 0 Å². The van der Waals surface area contributed by atoms with Crippen LogP contribution in [0.5, 0.6) is 0 Å². The van der Waals surface area contributed by atoms with Crippen molar-refractivity contribution in [3.05, 3.63) is 40.1 Å². The van der Waals surface area contributed by atoms with Crippen molar-refractivity contribution in [2.75, 3.05) is 38.1 Å². The highest BCUT2D eigenvalue weighted by atomic mass is 32.1. The number of amides is 1. The second-order valence-corrected chi connectivity index (χ2v) is 6.90. The van der Waals surface area contributed by atoms with Gasteiger partial charge >= 0.3 is 0 Å². The lowest BCUT2D eigenvalue weighted by molar-refractivity contribution is 0.100. The largest absolute Gasteiger partial charge is 0.369 e. The molecule has 4 nitrogen and oxygen atoms in total. The zero-order chi connectivity index (χ0) is 15.7. The zero-order valence-corrected chi connectivity index (χ0v) is 13.8. The number of hydrogen-bond acceptors (Lipinski definition) is 4. The number of primary amides is 1. The van der Waals surface area contributed by atoms with Gasteiger partial charge in [-0.25, -0.2) is 0 Å². The van der Waals surface area contributed by atoms with Crippen LogP contribution in [0.25, 0.3) is 11.1 Å². The van der Waals surface area contributed by atoms with Crippen LogP contribution in [0.2, 0.25) is 0 Å². The smallest absolute Gasteiger partial charge is 0.249 e. The van der Waals surface area contributed by atoms with Crippen molar-refractivity contribution in [2.45, 2.75) is 6.92 Å². The summed E-state index contributed by atoms with van der Waals surface area (Å²) in [5, 5.41) is 2.05. The molecule has 1 aromatic heterocycles. The summed E-state index contributed by atoms with van der Waals surface area (Å²) in [6.07, 6.45) is 0. The number of likely N-dealkylation sites (N-methyl/N-ethyl adjacent to an activating group) is 1. The molecule has 2 N–H and O–H groups in total. The highest BCUT2D eigenvalue weighted by molar-refractivity contribution is 7.10. The van der Waals surface area contributed by atoms with Crippen molar-refractivity contribution in [1.29, 1.82) is 0 Å². The van der Waals surface area contributed by atoms with E-state index >= 15 is 0 Å². The number of carbonyl (C=O) groups is 1. The quantitative estimate of drug-likeness (QED) is 0.947. The molecule has 1 saturated heterocycles. The minimum atomic E-state index is -0.370. The Kier molecular flexibility index (Phi) is 4.18. The Bertz CT molecular complexity index is 687. The van der Waals surface area contributed by atoms with Crippen LogP contribution in [0.1, 0.15) is 15.2 Å². The molecule has 1 amide bonds. The molecule has 1 aromatic carbocycles. The number of anilines is 1. The summed E-state index contributed by atoms with van der Waals surface area (Å²) in [4.78, 5) is 17.7. The number of benzene rings is 1. The van der Waals surface area contributed by atoms with Crippen LogP contribution in [0, 0.1) is 6.92 Å². The van der Waals surface area contributed by atoms with Crippen molar-refractivity contribution in [3.8, 4) is 11.1 Å². The second kappa shape index (κ2) is 6.10. The standard InChI is InChI=1S/C17H21N3OS/c1-12-14(5-10-22-12)16-11-13(3-4-15(16)17(18)21)20-8-6-19(2)7-9-20/h3-5,10-11H,6-9H2,1-2H3,(H2,18,21). The summed E-state index contributed by atoms with van der Waals surface area (Å²) in [6.45, 7) is 6.21. The predicted molar refractivity (Wildman–Crippen MR) is 92.7 cm³/mol. The van der Waals surface area contributed by atoms with Crippen LogP contribution in [-0.4, -0.2) is 44.0 Å². The molecule has 1 aliphatic rings. The van der Waals surface area contributed by atoms with Gasteiger partial charge in [0.05, 0.1) is 0 Å². The zero-order valence-electron chi connectivity index (χ0n) is 13.0. The average Bonchev–Trinajstić information content (AvgIpc) is 2.93. The van der Waals surface area contributed by atoms with E-state index in [0.29, 0.717) is 5.56 Å². The molecule has 0 bridgehead atoms. The second-order valence-electron chi connectivity index (χ2n) is 5.77. The summed E-state index contributed by atoms with van der Waals surface area (Å²) < 4.78 is 0. The lowest BCUT2D eigenvalue weighted by Crippen LogP contribution is -2.44. The highest BCUT2D eigenvalue weighted by Gasteiger charge is 2.18. The molecule has 22 heavy (non-hydrogen) atoms. The lowest BCUT2D eigenvalue weighted by Gasteiger charge is -2.34. The van der Waals surface area contributed by atoms with E-state index in [0.717, 1.165) is 37.3 Å². The fraction of sp³-hybridized carbons (Fsp3) is 0.353. The van der Waals surface area contributed by atoms with Gasteiger partial charge in [0, 0.05) is 42.3 Å². The van der Waals surface area contributed by atoms with E-state index in [1.165, 1.54) is 10.6 Å². The number of nitrogens with two attached hydrogens (primary N) is 1. The SMILES string of the molecule is Cc1sccc1-c1cc(N2CCN(C)CC2)ccc1C(N)=O. The molecular weight excluding hydrogens is 294 g/mol. The Labute approximate surface area is 135 Å². The number of hydrogen-bond donors (Lipinski definition) is 1. The van der Waals surface area contributed by atoms with Gasteiger partial charge in [-0.3, -0.25) is 4.79 Å². The summed E-state index contributed by atoms with van der Waals surface area (Å²) in [5.41, 5.74) is 9.38. The molecule has 0 saturated carbocycles. The van der Waals surface area contributed by atoms with Crippen molar-refractivity contribution < 1.29 is 4.79 Å². The number of nitrogens with zero attached hydrogens (tertiary/aromatic N) is 2. The van der Waals surface area contributed by atoms with Gasteiger partial charge in [-0.15, -0.1) is 11.3 Å². The van der Waals surface area contributed by atoms with Gasteiger partial charge in [0.1, 0.15) is 0 Å². The molecule has 0 spiro atoms. The third-order valence-corrected chi connectivity index (χ3v) is 5.13. The molecule has 2 aromatic rings. The predicted octanol–water partition coefficient (Wildman–Crippen LogP) is 2.57. The number of carbonyl (C=O) groups excluding carboxylic acids is 1. The Balaban J connectivity index is 2.01. The van der Waals surface area contributed by atoms with Crippen molar-refractivity contribution >= 4 is 22.9 Å². The molecule has 2 heterocycles. The molecule has 0 radical (unpaired) electrons. The van der Waals surface area contributed by atoms with Gasteiger partial charge in [0.25, 0.3) is 0 Å². The molecular formula is C17H21N3OS. The van der Waals surface area contributed by atoms with Crippen LogP contribution in [0.15, 0.2) is 29.6 Å². The summed E-state index contributed by atoms with van der Waals surface area (Å²) in [7, 11) is 2.15. The third kappa shape index (κ3) is 2.87. The highest BCUT2D eigenvalue weighted by Crippen LogP contribution is 2.33. The first-order valence-corrected chi connectivity index (χ1v) is 8.36. The molecule has 5 heteroatoms. The monoisotopic (exact) mass is 315 g/mol. The average molecular weight is 315 g/mol. The summed E-state index contributed by atoms with van der Waals surface area (Å²) >= 11 is 1.69. The van der Waals surface area contributed by atoms with E-state index in [-0.39, 0.29) is 5.91 Å². The first-order chi connectivity index (χ1) is 10.6. The molecule has 0 atom stereocenters. The van der Waals surface area contributed by atoms with E-state index in [2.05, 4.69) is 41.3 Å². The van der Waals surface area contributed by atoms with Crippen LogP contribution < -0.4 is 10.6 Å². The number of rotatable bonds is 3. The minimum absolute atomic E-state index is 0.370. The molecule has 1 fully saturated rings. The van der Waals surface area contributed by atoms with Crippen molar-refractivity contribution in [2.24, 2.45) is 5.73 Å². The molecule has 116 valence electrons. The Hall–Kier alpha value is -1.85. The number of aryl methyl sites for hydroxylation is 1. The molecule has 1 aliphatic heterocycles. The third-order valence-electron chi connectivity index (χ3n) is 4.29. The van der Waals surface area contributed by atoms with Crippen LogP contribution in [0.4, 0.5) is 5.69 Å². The van der Waals surface area contributed by atoms with E-state index in [9.17, 15) is 4.79 Å². The van der Waals surface area contributed by atoms with Crippen molar-refractivity contribution in [1.82, 2.24) is 4.90 Å². The molecule has 0 unspecified atom stereocenters. The van der Waals surface area contributed by atoms with Crippen LogP contribution >= 0.6 is 11.3 Å². The van der Waals surface area contributed by atoms with Gasteiger partial charge in [-0.05, 0) is 54.7 Å². The number of piperazine rings is 1. The maximum atomic E-state index is 11.8. The van der Waals surface area contributed by atoms with Gasteiger partial charge in [0.2, 0.25) is 5.91 Å². The van der Waals surface area contributed by atoms with E-state index in [1.54, 1.807) is 11.3 Å². The molecule has 3 rings (SSSR count). The Morgan fingerprint density at radius 2 is 1.86 bits per heavy atom. The molecule has 0 aliphatic carbocycles. The lowest BCUT2D eigenvalue weighted by atomic mass is 9.98. The Morgan fingerprint density at radius 1 is 1.14 bits per heavy atom. The summed E-state index contributed by atoms with van der Waals surface area (Å²) in [6, 6.07) is 8.05. The Morgan fingerprint density at radius 3 is 2.45 bits per heavy atom. The van der Waals surface area contributed by atoms with Crippen LogP contribution in [0.3, 0.4) is 0 Å². The first kappa shape index (κ1) is 15.1. The fourth-order valence-electron chi connectivity index (χ4n) is 2.90. The van der Waals surface area contributed by atoms with Crippen LogP contribution in [-0.2, 0) is 0 Å². The fourth-order valence-corrected chi connectivity index (χ4v) is 3.61. The van der Waals surface area contributed by atoms with Crippen molar-refractivity contribution in [3.63, 3.8) is 0 Å². The first-order valence-electron chi connectivity index (χ1n) is 7.48. The van der Waals surface area contributed by atoms with E-state index in [1.807, 2.05) is 12.1 Å². The summed E-state index contributed by atoms with van der Waals surface area (Å²) in [5.74, 6) is -0.370. The van der Waals surface area contributed by atoms with Gasteiger partial charge < -0.3 is 15.5 Å². The normalized spacial score (nSPS) is 16.0. The maximum absolute atomic E-state index is 11.8. The topological polar surface area (TPSA) is 49.6 Å². The van der Waals surface area contributed by atoms with Gasteiger partial charge in [-0.2, -0.15) is 0 Å². The number of thiophene rings is 1. The minimum Gasteiger partial charge on any atom is -0.369 e. The van der Waals surface area contributed by atoms with E-state index in [4.69, 9.17) is 5.73 Å². The van der Waals surface area contributed by atoms with E-state index < -0.39 is 0 Å². The van der Waals surface area contributed by atoms with Gasteiger partial charge in [0.15, 0.2) is 0 Å².